The molecule has 1 saturated heterocycles. The van der Waals surface area contributed by atoms with Crippen LogP contribution in [0.5, 0.6) is 5.88 Å². The fraction of sp³-hybridized carbons (Fsp3) is 0.304. The molecule has 0 amide bonds. The molecule has 0 radical (unpaired) electrons. The third-order valence-corrected chi connectivity index (χ3v) is 6.40. The van der Waals surface area contributed by atoms with Gasteiger partial charge in [-0.25, -0.2) is 15.1 Å². The summed E-state index contributed by atoms with van der Waals surface area (Å²) < 4.78 is 7.67. The summed E-state index contributed by atoms with van der Waals surface area (Å²) in [5.74, 6) is 0.807. The van der Waals surface area contributed by atoms with Gasteiger partial charge in [-0.15, -0.1) is 15.3 Å². The number of H-pyrrole nitrogens is 1. The minimum absolute atomic E-state index is 0.231. The summed E-state index contributed by atoms with van der Waals surface area (Å²) in [4.78, 5) is 0. The van der Waals surface area contributed by atoms with Gasteiger partial charge in [0.1, 0.15) is 0 Å². The normalized spacial score (nSPS) is 14.4. The minimum atomic E-state index is -0.272. The largest absolute Gasteiger partial charge is 0.459 e. The van der Waals surface area contributed by atoms with Crippen molar-refractivity contribution in [1.82, 2.24) is 40.8 Å². The summed E-state index contributed by atoms with van der Waals surface area (Å²) in [6.07, 6.45) is 3.56. The first kappa shape index (κ1) is 23.7. The maximum Gasteiger partial charge on any atom is 0.240 e. The van der Waals surface area contributed by atoms with Crippen LogP contribution in [0, 0.1) is 0 Å². The van der Waals surface area contributed by atoms with Gasteiger partial charge in [-0.3, -0.25) is 0 Å². The number of halogens is 2. The second-order valence-corrected chi connectivity index (χ2v) is 8.95. The van der Waals surface area contributed by atoms with Gasteiger partial charge in [0, 0.05) is 29.2 Å². The van der Waals surface area contributed by atoms with E-state index >= 15 is 0 Å². The maximum atomic E-state index is 10.3. The van der Waals surface area contributed by atoms with E-state index in [9.17, 15) is 5.11 Å². The third kappa shape index (κ3) is 5.16. The Bertz CT molecular complexity index is 1270. The van der Waals surface area contributed by atoms with Crippen LogP contribution in [-0.2, 0) is 6.61 Å². The van der Waals surface area contributed by atoms with Crippen LogP contribution in [-0.4, -0.2) is 60.3 Å². The highest BCUT2D eigenvalue weighted by atomic mass is 35.5. The number of ether oxygens (including phenoxy) is 1. The van der Waals surface area contributed by atoms with E-state index in [-0.39, 0.29) is 13.3 Å². The van der Waals surface area contributed by atoms with Gasteiger partial charge in [0.05, 0.1) is 28.6 Å². The molecule has 0 unspecified atom stereocenters. The number of nitrogens with zero attached hydrogens (tertiary/aromatic N) is 6. The molecule has 0 spiro atoms. The average Bonchev–Trinajstić information content (AvgIpc) is 3.53. The Morgan fingerprint density at radius 2 is 1.80 bits per heavy atom. The van der Waals surface area contributed by atoms with Gasteiger partial charge in [0.25, 0.3) is 0 Å². The molecular formula is C23H24Cl2N8O2. The van der Waals surface area contributed by atoms with E-state index in [0.29, 0.717) is 38.7 Å². The summed E-state index contributed by atoms with van der Waals surface area (Å²) in [5.41, 5.74) is 6.70. The van der Waals surface area contributed by atoms with E-state index in [2.05, 4.69) is 36.2 Å². The van der Waals surface area contributed by atoms with Crippen molar-refractivity contribution in [2.45, 2.75) is 25.9 Å². The molecule has 3 N–H and O–H groups in total. The van der Waals surface area contributed by atoms with Crippen molar-refractivity contribution >= 4 is 23.2 Å². The third-order valence-electron chi connectivity index (χ3n) is 5.86. The topological polar surface area (TPSA) is 117 Å². The second kappa shape index (κ2) is 10.7. The van der Waals surface area contributed by atoms with E-state index in [1.165, 1.54) is 6.42 Å². The maximum absolute atomic E-state index is 10.3. The van der Waals surface area contributed by atoms with Crippen LogP contribution in [0.2, 0.25) is 10.0 Å². The number of aromatic nitrogens is 6. The number of hydrogen-bond donors (Lipinski definition) is 3. The molecule has 1 fully saturated rings. The standard InChI is InChI=1S/C23H24Cl2N8O2/c24-17-8-9-20(19(25)12-17)33-21(15-4-6-16(7-5-15)22-27-30-31-28-22)18(13-34)23(29-33)35-14-26-32-10-2-1-3-11-32/h4-9,12,26,34H,1-3,10-11,13-14H2,(H,27,28,30,31). The molecule has 2 aromatic carbocycles. The Labute approximate surface area is 211 Å². The molecular weight excluding hydrogens is 491 g/mol. The van der Waals surface area contributed by atoms with Crippen LogP contribution < -0.4 is 10.2 Å². The average molecular weight is 515 g/mol. The van der Waals surface area contributed by atoms with Crippen LogP contribution in [0.15, 0.2) is 42.5 Å². The first-order chi connectivity index (χ1) is 17.1. The lowest BCUT2D eigenvalue weighted by molar-refractivity contribution is 0.0985. The molecule has 2 aromatic heterocycles. The SMILES string of the molecule is OCc1c(OCNN2CCCCC2)nn(-c2ccc(Cl)cc2Cl)c1-c1ccc(-c2nn[nH]n2)cc1. The molecule has 10 nitrogen and oxygen atoms in total. The first-order valence-corrected chi connectivity index (χ1v) is 12.0. The molecule has 3 heterocycles. The number of rotatable bonds is 8. The predicted octanol–water partition coefficient (Wildman–Crippen LogP) is 3.85. The van der Waals surface area contributed by atoms with Crippen LogP contribution in [0.4, 0.5) is 0 Å². The van der Waals surface area contributed by atoms with E-state index < -0.39 is 0 Å². The summed E-state index contributed by atoms with van der Waals surface area (Å²) in [5, 5.41) is 32.2. The van der Waals surface area contributed by atoms with Crippen LogP contribution in [0.3, 0.4) is 0 Å². The Morgan fingerprint density at radius 3 is 2.49 bits per heavy atom. The lowest BCUT2D eigenvalue weighted by atomic mass is 10.0. The zero-order chi connectivity index (χ0) is 24.2. The zero-order valence-electron chi connectivity index (χ0n) is 18.8. The lowest BCUT2D eigenvalue weighted by Crippen LogP contribution is -2.43. The minimum Gasteiger partial charge on any atom is -0.459 e. The highest BCUT2D eigenvalue weighted by Gasteiger charge is 2.23. The van der Waals surface area contributed by atoms with Crippen LogP contribution in [0.25, 0.3) is 28.3 Å². The number of benzene rings is 2. The number of piperidine rings is 1. The number of nitrogens with one attached hydrogen (secondary N) is 2. The van der Waals surface area contributed by atoms with Gasteiger partial charge in [0.15, 0.2) is 6.73 Å². The highest BCUT2D eigenvalue weighted by Crippen LogP contribution is 2.36. The van der Waals surface area contributed by atoms with Gasteiger partial charge in [-0.1, -0.05) is 53.9 Å². The quantitative estimate of drug-likeness (QED) is 0.303. The van der Waals surface area contributed by atoms with Crippen LogP contribution >= 0.6 is 23.2 Å². The molecule has 0 atom stereocenters. The molecule has 182 valence electrons. The van der Waals surface area contributed by atoms with E-state index in [0.717, 1.165) is 37.1 Å². The zero-order valence-corrected chi connectivity index (χ0v) is 20.3. The number of aliphatic hydroxyl groups excluding tert-OH is 1. The predicted molar refractivity (Wildman–Crippen MR) is 132 cm³/mol. The number of tetrazole rings is 1. The number of hydrogen-bond acceptors (Lipinski definition) is 8. The summed E-state index contributed by atoms with van der Waals surface area (Å²) in [7, 11) is 0. The van der Waals surface area contributed by atoms with Crippen molar-refractivity contribution in [2.24, 2.45) is 0 Å². The van der Waals surface area contributed by atoms with Crippen LogP contribution in [0.1, 0.15) is 24.8 Å². The molecule has 35 heavy (non-hydrogen) atoms. The molecule has 1 aliphatic heterocycles. The Morgan fingerprint density at radius 1 is 1.03 bits per heavy atom. The van der Waals surface area contributed by atoms with E-state index in [1.807, 2.05) is 24.3 Å². The Hall–Kier alpha value is -3.02. The van der Waals surface area contributed by atoms with Gasteiger partial charge in [-0.2, -0.15) is 5.21 Å². The Balaban J connectivity index is 1.51. The summed E-state index contributed by atoms with van der Waals surface area (Å²) >= 11 is 12.7. The van der Waals surface area contributed by atoms with Gasteiger partial charge >= 0.3 is 0 Å². The molecule has 4 aromatic rings. The van der Waals surface area contributed by atoms with E-state index in [4.69, 9.17) is 27.9 Å². The molecule has 5 rings (SSSR count). The van der Waals surface area contributed by atoms with Crippen molar-refractivity contribution in [3.63, 3.8) is 0 Å². The van der Waals surface area contributed by atoms with Crippen molar-refractivity contribution < 1.29 is 9.84 Å². The van der Waals surface area contributed by atoms with E-state index in [1.54, 1.807) is 22.9 Å². The smallest absolute Gasteiger partial charge is 0.240 e. The molecule has 1 aliphatic rings. The number of aliphatic hydroxyl groups is 1. The second-order valence-electron chi connectivity index (χ2n) is 8.11. The first-order valence-electron chi connectivity index (χ1n) is 11.3. The fourth-order valence-corrected chi connectivity index (χ4v) is 4.61. The Kier molecular flexibility index (Phi) is 7.26. The van der Waals surface area contributed by atoms with Gasteiger partial charge < -0.3 is 9.84 Å². The molecule has 12 heteroatoms. The number of aromatic amines is 1. The van der Waals surface area contributed by atoms with Crippen molar-refractivity contribution in [1.29, 1.82) is 0 Å². The molecule has 0 bridgehead atoms. The van der Waals surface area contributed by atoms with Gasteiger partial charge in [0.2, 0.25) is 11.7 Å². The molecule has 0 saturated carbocycles. The fourth-order valence-electron chi connectivity index (χ4n) is 4.12. The van der Waals surface area contributed by atoms with Crippen molar-refractivity contribution in [2.75, 3.05) is 19.8 Å². The van der Waals surface area contributed by atoms with Gasteiger partial charge in [-0.05, 0) is 36.3 Å². The molecule has 0 aliphatic carbocycles. The lowest BCUT2D eigenvalue weighted by Gasteiger charge is -2.26. The summed E-state index contributed by atoms with van der Waals surface area (Å²) in [6, 6.07) is 12.7. The summed E-state index contributed by atoms with van der Waals surface area (Å²) in [6.45, 7) is 1.91. The highest BCUT2D eigenvalue weighted by molar-refractivity contribution is 6.35. The van der Waals surface area contributed by atoms with Crippen molar-refractivity contribution in [3.8, 4) is 34.2 Å². The monoisotopic (exact) mass is 514 g/mol. The van der Waals surface area contributed by atoms with Crippen molar-refractivity contribution in [3.05, 3.63) is 58.1 Å². The number of hydrazine groups is 1.